The molecule has 0 radical (unpaired) electrons. The third kappa shape index (κ3) is 3.90. The van der Waals surface area contributed by atoms with Gasteiger partial charge in [0, 0.05) is 6.42 Å². The van der Waals surface area contributed by atoms with Gasteiger partial charge in [-0.25, -0.2) is 0 Å². The zero-order valence-electron chi connectivity index (χ0n) is 10.4. The van der Waals surface area contributed by atoms with E-state index >= 15 is 0 Å². The van der Waals surface area contributed by atoms with Crippen LogP contribution in [0.3, 0.4) is 0 Å². The summed E-state index contributed by atoms with van der Waals surface area (Å²) in [6.07, 6.45) is 4.17. The summed E-state index contributed by atoms with van der Waals surface area (Å²) in [6.45, 7) is 6.79. The van der Waals surface area contributed by atoms with Crippen molar-refractivity contribution in [3.8, 4) is 5.75 Å². The van der Waals surface area contributed by atoms with Gasteiger partial charge < -0.3 is 9.47 Å². The fraction of sp³-hybridized carbons (Fsp3) is 0.467. The molecule has 1 aromatic rings. The van der Waals surface area contributed by atoms with Gasteiger partial charge in [-0.05, 0) is 43.9 Å². The average Bonchev–Trinajstić information content (AvgIpc) is 2.30. The van der Waals surface area contributed by atoms with Gasteiger partial charge in [0.25, 0.3) is 0 Å². The topological polar surface area (TPSA) is 18.5 Å². The van der Waals surface area contributed by atoms with Crippen molar-refractivity contribution in [1.82, 2.24) is 0 Å². The second-order valence-electron chi connectivity index (χ2n) is 4.70. The lowest BCUT2D eigenvalue weighted by molar-refractivity contribution is -0.105. The molecule has 1 aliphatic heterocycles. The number of hydrogen-bond donors (Lipinski definition) is 0. The summed E-state index contributed by atoms with van der Waals surface area (Å²) < 4.78 is 11.4. The highest BCUT2D eigenvalue weighted by Gasteiger charge is 2.15. The van der Waals surface area contributed by atoms with Gasteiger partial charge >= 0.3 is 0 Å². The molecule has 92 valence electrons. The summed E-state index contributed by atoms with van der Waals surface area (Å²) in [6, 6.07) is 8.19. The molecule has 0 spiro atoms. The van der Waals surface area contributed by atoms with Crippen LogP contribution < -0.4 is 4.74 Å². The first-order chi connectivity index (χ1) is 8.24. The molecule has 1 heterocycles. The Morgan fingerprint density at radius 2 is 2.35 bits per heavy atom. The zero-order chi connectivity index (χ0) is 12.1. The normalized spacial score (nSPS) is 19.9. The molecular formula is C15H20O2. The van der Waals surface area contributed by atoms with E-state index in [4.69, 9.17) is 9.47 Å². The summed E-state index contributed by atoms with van der Waals surface area (Å²) in [7, 11) is 0. The number of benzene rings is 1. The van der Waals surface area contributed by atoms with Crippen molar-refractivity contribution in [3.05, 3.63) is 42.0 Å². The van der Waals surface area contributed by atoms with Crippen molar-refractivity contribution in [2.75, 3.05) is 6.61 Å². The van der Waals surface area contributed by atoms with E-state index in [0.29, 0.717) is 0 Å². The second-order valence-corrected chi connectivity index (χ2v) is 4.70. The molecule has 0 aliphatic carbocycles. The van der Waals surface area contributed by atoms with Crippen LogP contribution in [0.1, 0.15) is 31.7 Å². The van der Waals surface area contributed by atoms with Crippen LogP contribution >= 0.6 is 0 Å². The molecule has 0 bridgehead atoms. The van der Waals surface area contributed by atoms with Gasteiger partial charge in [-0.3, -0.25) is 0 Å². The summed E-state index contributed by atoms with van der Waals surface area (Å²) in [5.41, 5.74) is 2.40. The van der Waals surface area contributed by atoms with Gasteiger partial charge in [-0.15, -0.1) is 0 Å². The van der Waals surface area contributed by atoms with E-state index in [0.717, 1.165) is 37.2 Å². The summed E-state index contributed by atoms with van der Waals surface area (Å²) in [5.74, 6) is 0.899. The number of hydrogen-bond acceptors (Lipinski definition) is 2. The molecule has 1 fully saturated rings. The van der Waals surface area contributed by atoms with Crippen LogP contribution in [0, 0.1) is 0 Å². The Morgan fingerprint density at radius 3 is 3.06 bits per heavy atom. The predicted molar refractivity (Wildman–Crippen MR) is 69.2 cm³/mol. The highest BCUT2D eigenvalue weighted by atomic mass is 16.7. The van der Waals surface area contributed by atoms with Crippen molar-refractivity contribution in [1.29, 1.82) is 0 Å². The van der Waals surface area contributed by atoms with Crippen LogP contribution in [0.5, 0.6) is 5.75 Å². The largest absolute Gasteiger partial charge is 0.465 e. The van der Waals surface area contributed by atoms with Crippen LogP contribution in [0.15, 0.2) is 36.4 Å². The Kier molecular flexibility index (Phi) is 4.21. The van der Waals surface area contributed by atoms with Crippen LogP contribution in [0.25, 0.3) is 0 Å². The summed E-state index contributed by atoms with van der Waals surface area (Å²) in [5, 5.41) is 0. The molecule has 2 nitrogen and oxygen atoms in total. The quantitative estimate of drug-likeness (QED) is 0.737. The second kappa shape index (κ2) is 5.87. The monoisotopic (exact) mass is 232 g/mol. The van der Waals surface area contributed by atoms with Crippen molar-refractivity contribution in [2.24, 2.45) is 0 Å². The Labute approximate surface area is 103 Å². The number of ether oxygens (including phenoxy) is 2. The number of rotatable bonds is 4. The average molecular weight is 232 g/mol. The van der Waals surface area contributed by atoms with Gasteiger partial charge in [-0.1, -0.05) is 24.3 Å². The lowest BCUT2D eigenvalue weighted by atomic mass is 10.1. The van der Waals surface area contributed by atoms with E-state index < -0.39 is 0 Å². The van der Waals surface area contributed by atoms with E-state index in [-0.39, 0.29) is 6.29 Å². The fourth-order valence-corrected chi connectivity index (χ4v) is 2.03. The molecule has 1 atom stereocenters. The maximum Gasteiger partial charge on any atom is 0.199 e. The van der Waals surface area contributed by atoms with Crippen LogP contribution in [0.4, 0.5) is 0 Å². The van der Waals surface area contributed by atoms with Gasteiger partial charge in [0.2, 0.25) is 0 Å². The molecule has 0 saturated carbocycles. The van der Waals surface area contributed by atoms with Crippen LogP contribution in [0.2, 0.25) is 0 Å². The van der Waals surface area contributed by atoms with Crippen LogP contribution in [-0.4, -0.2) is 12.9 Å². The summed E-state index contributed by atoms with van der Waals surface area (Å²) >= 11 is 0. The highest BCUT2D eigenvalue weighted by Crippen LogP contribution is 2.21. The summed E-state index contributed by atoms with van der Waals surface area (Å²) in [4.78, 5) is 0. The molecule has 2 rings (SSSR count). The maximum atomic E-state index is 5.83. The molecule has 0 unspecified atom stereocenters. The van der Waals surface area contributed by atoms with Gasteiger partial charge in [-0.2, -0.15) is 0 Å². The molecule has 1 saturated heterocycles. The SMILES string of the molecule is C=C(C)Cc1cccc(O[C@H]2CCCCO2)c1. The van der Waals surface area contributed by atoms with Crippen LogP contribution in [-0.2, 0) is 11.2 Å². The van der Waals surface area contributed by atoms with Gasteiger partial charge in [0.05, 0.1) is 6.61 Å². The first-order valence-corrected chi connectivity index (χ1v) is 6.25. The lowest BCUT2D eigenvalue weighted by Gasteiger charge is -2.23. The minimum atomic E-state index is -0.0659. The Bertz CT molecular complexity index is 378. The minimum absolute atomic E-state index is 0.0659. The predicted octanol–water partition coefficient (Wildman–Crippen LogP) is 3.71. The molecule has 0 aromatic heterocycles. The maximum absolute atomic E-state index is 5.83. The van der Waals surface area contributed by atoms with E-state index in [9.17, 15) is 0 Å². The number of allylic oxidation sites excluding steroid dienone is 1. The standard InChI is InChI=1S/C15H20O2/c1-12(2)10-13-6-5-7-14(11-13)17-15-8-3-4-9-16-15/h5-7,11,15H,1,3-4,8-10H2,2H3/t15-/m0/s1. The van der Waals surface area contributed by atoms with E-state index in [1.165, 1.54) is 12.0 Å². The molecular weight excluding hydrogens is 212 g/mol. The molecule has 2 heteroatoms. The smallest absolute Gasteiger partial charge is 0.199 e. The van der Waals surface area contributed by atoms with Crippen molar-refractivity contribution in [3.63, 3.8) is 0 Å². The van der Waals surface area contributed by atoms with E-state index in [2.05, 4.69) is 18.7 Å². The molecule has 1 aromatic carbocycles. The van der Waals surface area contributed by atoms with Gasteiger partial charge in [0.1, 0.15) is 5.75 Å². The molecule has 17 heavy (non-hydrogen) atoms. The Hall–Kier alpha value is -1.28. The fourth-order valence-electron chi connectivity index (χ4n) is 2.03. The van der Waals surface area contributed by atoms with Crippen molar-refractivity contribution in [2.45, 2.75) is 38.9 Å². The van der Waals surface area contributed by atoms with Crippen molar-refractivity contribution < 1.29 is 9.47 Å². The molecule has 1 aliphatic rings. The van der Waals surface area contributed by atoms with E-state index in [1.54, 1.807) is 0 Å². The Balaban J connectivity index is 1.97. The van der Waals surface area contributed by atoms with Gasteiger partial charge in [0.15, 0.2) is 6.29 Å². The third-order valence-electron chi connectivity index (χ3n) is 2.81. The van der Waals surface area contributed by atoms with Crippen molar-refractivity contribution >= 4 is 0 Å². The zero-order valence-corrected chi connectivity index (χ0v) is 10.4. The first-order valence-electron chi connectivity index (χ1n) is 6.25. The highest BCUT2D eigenvalue weighted by molar-refractivity contribution is 5.30. The lowest BCUT2D eigenvalue weighted by Crippen LogP contribution is -2.24. The third-order valence-corrected chi connectivity index (χ3v) is 2.81. The minimum Gasteiger partial charge on any atom is -0.465 e. The Morgan fingerprint density at radius 1 is 1.47 bits per heavy atom. The first kappa shape index (κ1) is 12.2. The molecule has 0 N–H and O–H groups in total. The molecule has 0 amide bonds. The van der Waals surface area contributed by atoms with E-state index in [1.807, 2.05) is 19.1 Å².